The molecule has 0 bridgehead atoms. The predicted molar refractivity (Wildman–Crippen MR) is 54.4 cm³/mol. The van der Waals surface area contributed by atoms with Crippen LogP contribution in [0.5, 0.6) is 5.75 Å². The Morgan fingerprint density at radius 1 is 1.56 bits per heavy atom. The third-order valence-corrected chi connectivity index (χ3v) is 2.01. The van der Waals surface area contributed by atoms with E-state index in [1.807, 2.05) is 6.07 Å². The van der Waals surface area contributed by atoms with Crippen molar-refractivity contribution < 1.29 is 14.5 Å². The summed E-state index contributed by atoms with van der Waals surface area (Å²) in [5.74, 6) is -0.384. The second kappa shape index (κ2) is 4.40. The molecule has 1 aromatic rings. The van der Waals surface area contributed by atoms with Crippen molar-refractivity contribution in [3.05, 3.63) is 33.4 Å². The molecule has 0 spiro atoms. The van der Waals surface area contributed by atoms with Gasteiger partial charge in [0.1, 0.15) is 11.8 Å². The number of methoxy groups -OCH3 is 1. The first-order valence-electron chi connectivity index (χ1n) is 4.28. The summed E-state index contributed by atoms with van der Waals surface area (Å²) in [5.41, 5.74) is -0.357. The first kappa shape index (κ1) is 11.7. The number of carbonyl (C=O) groups excluding carboxylic acids is 1. The lowest BCUT2D eigenvalue weighted by molar-refractivity contribution is -0.385. The number of nitro benzene ring substituents is 1. The summed E-state index contributed by atoms with van der Waals surface area (Å²) in [6, 6.07) is 4.05. The lowest BCUT2D eigenvalue weighted by atomic mass is 10.1. The predicted octanol–water partition coefficient (Wildman–Crippen LogP) is 1.68. The second-order valence-corrected chi connectivity index (χ2v) is 2.99. The first-order chi connectivity index (χ1) is 7.51. The summed E-state index contributed by atoms with van der Waals surface area (Å²) in [7, 11) is 1.30. The second-order valence-electron chi connectivity index (χ2n) is 2.99. The van der Waals surface area contributed by atoms with Crippen molar-refractivity contribution in [1.82, 2.24) is 0 Å². The average molecular weight is 220 g/mol. The molecule has 0 aliphatic carbocycles. The molecule has 0 fully saturated rings. The molecule has 0 radical (unpaired) electrons. The van der Waals surface area contributed by atoms with E-state index < -0.39 is 10.7 Å². The highest BCUT2D eigenvalue weighted by Gasteiger charge is 2.21. The third-order valence-electron chi connectivity index (χ3n) is 2.01. The zero-order valence-corrected chi connectivity index (χ0v) is 8.68. The Morgan fingerprint density at radius 2 is 2.19 bits per heavy atom. The monoisotopic (exact) mass is 220 g/mol. The number of nitriles is 1. The number of carbonyl (C=O) groups is 1. The van der Waals surface area contributed by atoms with Crippen molar-refractivity contribution in [3.63, 3.8) is 0 Å². The molecule has 0 amide bonds. The van der Waals surface area contributed by atoms with E-state index >= 15 is 0 Å². The maximum Gasteiger partial charge on any atom is 0.283 e. The van der Waals surface area contributed by atoms with Crippen LogP contribution in [0.25, 0.3) is 0 Å². The molecular formula is C10H8N2O4. The molecule has 0 heterocycles. The van der Waals surface area contributed by atoms with Crippen LogP contribution < -0.4 is 4.74 Å². The van der Waals surface area contributed by atoms with Gasteiger partial charge >= 0.3 is 0 Å². The molecule has 6 heteroatoms. The fraction of sp³-hybridized carbons (Fsp3) is 0.200. The number of nitro groups is 1. The van der Waals surface area contributed by atoms with E-state index in [9.17, 15) is 14.9 Å². The van der Waals surface area contributed by atoms with Gasteiger partial charge in [-0.05, 0) is 13.0 Å². The van der Waals surface area contributed by atoms with E-state index in [-0.39, 0.29) is 22.6 Å². The Balaban J connectivity index is 3.55. The van der Waals surface area contributed by atoms with Crippen LogP contribution in [0.15, 0.2) is 12.1 Å². The van der Waals surface area contributed by atoms with Crippen LogP contribution in [0.3, 0.4) is 0 Å². The van der Waals surface area contributed by atoms with Crippen molar-refractivity contribution in [1.29, 1.82) is 5.26 Å². The summed E-state index contributed by atoms with van der Waals surface area (Å²) in [6.45, 7) is 1.20. The van der Waals surface area contributed by atoms with E-state index in [1.54, 1.807) is 0 Å². The third kappa shape index (κ3) is 1.98. The van der Waals surface area contributed by atoms with Crippen LogP contribution >= 0.6 is 0 Å². The van der Waals surface area contributed by atoms with Gasteiger partial charge in [-0.1, -0.05) is 0 Å². The Kier molecular flexibility index (Phi) is 3.20. The smallest absolute Gasteiger partial charge is 0.283 e. The maximum absolute atomic E-state index is 11.2. The molecule has 0 aromatic heterocycles. The van der Waals surface area contributed by atoms with Crippen molar-refractivity contribution in [2.75, 3.05) is 7.11 Å². The SMILES string of the molecule is COc1cc([N+](=O)[O-])c(C(C)=O)cc1C#N. The number of rotatable bonds is 3. The van der Waals surface area contributed by atoms with Crippen LogP contribution in [-0.4, -0.2) is 17.8 Å². The lowest BCUT2D eigenvalue weighted by Gasteiger charge is -2.04. The molecule has 0 saturated heterocycles. The van der Waals surface area contributed by atoms with Crippen LogP contribution in [0.4, 0.5) is 5.69 Å². The quantitative estimate of drug-likeness (QED) is 0.438. The number of benzene rings is 1. The van der Waals surface area contributed by atoms with Gasteiger partial charge in [-0.25, -0.2) is 0 Å². The molecule has 0 unspecified atom stereocenters. The minimum atomic E-state index is -0.680. The van der Waals surface area contributed by atoms with E-state index in [0.717, 1.165) is 6.07 Å². The molecule has 0 aliphatic rings. The van der Waals surface area contributed by atoms with Crippen molar-refractivity contribution in [2.24, 2.45) is 0 Å². The molecule has 1 aromatic carbocycles. The molecule has 16 heavy (non-hydrogen) atoms. The molecule has 0 atom stereocenters. The summed E-state index contributed by atoms with van der Waals surface area (Å²) in [5, 5.41) is 19.5. The normalized spacial score (nSPS) is 9.31. The summed E-state index contributed by atoms with van der Waals surface area (Å²) in [6.07, 6.45) is 0. The van der Waals surface area contributed by atoms with Gasteiger partial charge < -0.3 is 4.74 Å². The summed E-state index contributed by atoms with van der Waals surface area (Å²) < 4.78 is 4.82. The number of hydrogen-bond acceptors (Lipinski definition) is 5. The number of ketones is 1. The van der Waals surface area contributed by atoms with E-state index in [2.05, 4.69) is 0 Å². The van der Waals surface area contributed by atoms with Crippen molar-refractivity contribution in [3.8, 4) is 11.8 Å². The number of nitrogens with zero attached hydrogens (tertiary/aromatic N) is 2. The largest absolute Gasteiger partial charge is 0.495 e. The van der Waals surface area contributed by atoms with Gasteiger partial charge in [-0.15, -0.1) is 0 Å². The van der Waals surface area contributed by atoms with E-state index in [0.29, 0.717) is 0 Å². The Bertz CT molecular complexity index is 502. The fourth-order valence-corrected chi connectivity index (χ4v) is 1.26. The number of Topliss-reactive ketones (excluding diaryl/α,β-unsaturated/α-hetero) is 1. The van der Waals surface area contributed by atoms with Crippen LogP contribution in [0, 0.1) is 21.4 Å². The van der Waals surface area contributed by atoms with Crippen LogP contribution in [0.2, 0.25) is 0 Å². The summed E-state index contributed by atoms with van der Waals surface area (Å²) >= 11 is 0. The number of ether oxygens (including phenoxy) is 1. The average Bonchev–Trinajstić information content (AvgIpc) is 2.26. The minimum absolute atomic E-state index is 0.0826. The highest BCUT2D eigenvalue weighted by atomic mass is 16.6. The molecule has 0 saturated carbocycles. The van der Waals surface area contributed by atoms with E-state index in [4.69, 9.17) is 10.00 Å². The topological polar surface area (TPSA) is 93.2 Å². The van der Waals surface area contributed by atoms with Gasteiger partial charge in [0.05, 0.1) is 29.2 Å². The van der Waals surface area contributed by atoms with Crippen molar-refractivity contribution in [2.45, 2.75) is 6.92 Å². The van der Waals surface area contributed by atoms with Gasteiger partial charge in [-0.3, -0.25) is 14.9 Å². The Morgan fingerprint density at radius 3 is 2.56 bits per heavy atom. The fourth-order valence-electron chi connectivity index (χ4n) is 1.26. The Hall–Kier alpha value is -2.42. The van der Waals surface area contributed by atoms with Crippen LogP contribution in [0.1, 0.15) is 22.8 Å². The highest BCUT2D eigenvalue weighted by Crippen LogP contribution is 2.28. The molecular weight excluding hydrogens is 212 g/mol. The molecule has 82 valence electrons. The summed E-state index contributed by atoms with van der Waals surface area (Å²) in [4.78, 5) is 21.2. The standard InChI is InChI=1S/C10H8N2O4/c1-6(13)8-3-7(5-11)10(16-2)4-9(8)12(14)15/h3-4H,1-2H3. The van der Waals surface area contributed by atoms with Gasteiger partial charge in [-0.2, -0.15) is 5.26 Å². The molecule has 0 aliphatic heterocycles. The maximum atomic E-state index is 11.2. The zero-order chi connectivity index (χ0) is 12.3. The van der Waals surface area contributed by atoms with Gasteiger partial charge in [0, 0.05) is 0 Å². The zero-order valence-electron chi connectivity index (χ0n) is 8.68. The Labute approximate surface area is 91.2 Å². The first-order valence-corrected chi connectivity index (χ1v) is 4.28. The van der Waals surface area contributed by atoms with Crippen molar-refractivity contribution >= 4 is 11.5 Å². The van der Waals surface area contributed by atoms with Gasteiger partial charge in [0.15, 0.2) is 5.78 Å². The van der Waals surface area contributed by atoms with Crippen LogP contribution in [-0.2, 0) is 0 Å². The highest BCUT2D eigenvalue weighted by molar-refractivity contribution is 5.98. The molecule has 1 rings (SSSR count). The van der Waals surface area contributed by atoms with Gasteiger partial charge in [0.25, 0.3) is 5.69 Å². The van der Waals surface area contributed by atoms with Gasteiger partial charge in [0.2, 0.25) is 0 Å². The van der Waals surface area contributed by atoms with E-state index in [1.165, 1.54) is 20.1 Å². The minimum Gasteiger partial charge on any atom is -0.495 e. The molecule has 0 N–H and O–H groups in total. The lowest BCUT2D eigenvalue weighted by Crippen LogP contribution is -2.02. The number of hydrogen-bond donors (Lipinski definition) is 0. The molecule has 6 nitrogen and oxygen atoms in total.